The quantitative estimate of drug-likeness (QED) is 0.524. The second kappa shape index (κ2) is 8.51. The molecule has 2 rings (SSSR count). The summed E-state index contributed by atoms with van der Waals surface area (Å²) in [4.78, 5) is 2.58. The van der Waals surface area contributed by atoms with E-state index in [0.29, 0.717) is 0 Å². The third-order valence-electron chi connectivity index (χ3n) is 3.11. The van der Waals surface area contributed by atoms with Gasteiger partial charge in [-0.1, -0.05) is 6.42 Å². The molecule has 84 valence electrons. The van der Waals surface area contributed by atoms with Gasteiger partial charge in [-0.3, -0.25) is 4.90 Å². The fraction of sp³-hybridized carbons (Fsp3) is 0.538. The number of halogens is 1. The van der Waals surface area contributed by atoms with Gasteiger partial charge in [-0.25, -0.2) is 0 Å². The first kappa shape index (κ1) is 16.4. The molecular weight excluding hydrogens is 274 g/mol. The largest absolute Gasteiger partial charge is 2.00 e. The zero-order chi connectivity index (χ0) is 9.80. The van der Waals surface area contributed by atoms with Crippen LogP contribution in [0.4, 0.5) is 0 Å². The van der Waals surface area contributed by atoms with Gasteiger partial charge in [0, 0.05) is 12.6 Å². The fourth-order valence-corrected chi connectivity index (χ4v) is 2.15. The maximum absolute atomic E-state index is 3.06. The first-order chi connectivity index (χ1) is 6.86. The summed E-state index contributed by atoms with van der Waals surface area (Å²) in [5.74, 6) is 0. The minimum atomic E-state index is 0. The monoisotopic (exact) mass is 291 g/mol. The summed E-state index contributed by atoms with van der Waals surface area (Å²) in [5, 5.41) is 0. The van der Waals surface area contributed by atoms with E-state index < -0.39 is 0 Å². The van der Waals surface area contributed by atoms with Crippen LogP contribution in [0.2, 0.25) is 0 Å². The maximum atomic E-state index is 3.06. The van der Waals surface area contributed by atoms with Gasteiger partial charge < -0.3 is 17.0 Å². The molecule has 1 unspecified atom stereocenters. The Kier molecular flexibility index (Phi) is 8.73. The summed E-state index contributed by atoms with van der Waals surface area (Å²) in [5.41, 5.74) is 1.41. The van der Waals surface area contributed by atoms with Crippen LogP contribution in [0.25, 0.3) is 0 Å². The second-order valence-electron chi connectivity index (χ2n) is 4.22. The van der Waals surface area contributed by atoms with Crippen molar-refractivity contribution >= 4 is 23.1 Å². The number of benzene rings is 1. The number of rotatable bonds is 2. The van der Waals surface area contributed by atoms with E-state index in [1.807, 2.05) is 12.1 Å². The van der Waals surface area contributed by atoms with E-state index in [9.17, 15) is 0 Å². The molecule has 0 saturated carbocycles. The fourth-order valence-electron chi connectivity index (χ4n) is 2.15. The first-order valence-corrected chi connectivity index (χ1v) is 5.55. The molecule has 1 aliphatic heterocycles. The van der Waals surface area contributed by atoms with E-state index in [0.717, 1.165) is 12.6 Å². The molecule has 1 nitrogen and oxygen atoms in total. The minimum Gasteiger partial charge on any atom is -1.00 e. The molecule has 0 aromatic heterocycles. The van der Waals surface area contributed by atoms with Gasteiger partial charge in [0.05, 0.1) is 0 Å². The third kappa shape index (κ3) is 4.74. The third-order valence-corrected chi connectivity index (χ3v) is 3.11. The Bertz CT molecular complexity index is 279. The summed E-state index contributed by atoms with van der Waals surface area (Å²) in [6, 6.07) is 12.2. The molecule has 1 atom stereocenters. The number of nitrogens with zero attached hydrogens (tertiary/aromatic N) is 1. The van der Waals surface area contributed by atoms with Crippen LogP contribution >= 0.6 is 0 Å². The van der Waals surface area contributed by atoms with Crippen LogP contribution in [0, 0.1) is 6.07 Å². The summed E-state index contributed by atoms with van der Waals surface area (Å²) in [7, 11) is 0. The maximum Gasteiger partial charge on any atom is 2.00 e. The molecule has 3 heteroatoms. The number of piperidine rings is 1. The number of hydrogen-bond donors (Lipinski definition) is 0. The summed E-state index contributed by atoms with van der Waals surface area (Å²) in [6.07, 6.45) is 4.13. The number of hydrogen-bond acceptors (Lipinski definition) is 1. The van der Waals surface area contributed by atoms with E-state index in [1.165, 1.54) is 31.4 Å². The Morgan fingerprint density at radius 2 is 2.00 bits per heavy atom. The minimum absolute atomic E-state index is 0. The molecule has 1 aromatic rings. The van der Waals surface area contributed by atoms with Crippen LogP contribution in [0.5, 0.6) is 0 Å². The van der Waals surface area contributed by atoms with Crippen molar-refractivity contribution in [2.75, 3.05) is 6.54 Å². The van der Waals surface area contributed by atoms with Crippen molar-refractivity contribution in [2.45, 2.75) is 38.8 Å². The zero-order valence-electron chi connectivity index (χ0n) is 9.95. The molecule has 0 spiro atoms. The molecule has 0 bridgehead atoms. The van der Waals surface area contributed by atoms with Crippen molar-refractivity contribution in [1.82, 2.24) is 4.90 Å². The van der Waals surface area contributed by atoms with Gasteiger partial charge >= 0.3 is 23.1 Å². The Hall–Kier alpha value is 0.426. The Labute approximate surface area is 126 Å². The molecule has 1 fully saturated rings. The van der Waals surface area contributed by atoms with Crippen molar-refractivity contribution in [1.29, 1.82) is 0 Å². The van der Waals surface area contributed by atoms with E-state index in [2.05, 4.69) is 30.0 Å². The smallest absolute Gasteiger partial charge is 1.00 e. The van der Waals surface area contributed by atoms with Gasteiger partial charge in [-0.2, -0.15) is 30.3 Å². The van der Waals surface area contributed by atoms with Gasteiger partial charge in [0.2, 0.25) is 0 Å². The Balaban J connectivity index is 0.00000112. The predicted molar refractivity (Wildman–Crippen MR) is 64.8 cm³/mol. The van der Waals surface area contributed by atoms with Crippen LogP contribution in [-0.2, 0) is 6.54 Å². The molecule has 0 radical (unpaired) electrons. The van der Waals surface area contributed by atoms with Crippen LogP contribution in [-0.4, -0.2) is 40.5 Å². The molecule has 1 aromatic carbocycles. The molecule has 1 saturated heterocycles. The summed E-state index contributed by atoms with van der Waals surface area (Å²) >= 11 is 0. The van der Waals surface area contributed by atoms with E-state index in [4.69, 9.17) is 0 Å². The van der Waals surface area contributed by atoms with Crippen molar-refractivity contribution in [3.8, 4) is 0 Å². The molecule has 0 N–H and O–H groups in total. The van der Waals surface area contributed by atoms with Gasteiger partial charge in [-0.15, -0.1) is 5.56 Å². The first-order valence-electron chi connectivity index (χ1n) is 5.55. The van der Waals surface area contributed by atoms with Crippen LogP contribution in [0.1, 0.15) is 31.7 Å². The topological polar surface area (TPSA) is 3.24 Å². The standard InChI is InChI=1S/C13H18N.BrH.Mg/c1-12-7-5-6-10-14(12)11-13-8-3-2-4-9-13;;/h3-4,8-9,12H,5-7,10-11H2,1H3;1H;/q-1;;+2/p-1. The summed E-state index contributed by atoms with van der Waals surface area (Å²) in [6.45, 7) is 4.71. The van der Waals surface area contributed by atoms with E-state index in [-0.39, 0.29) is 40.0 Å². The SMILES string of the molecule is CC1CCCCN1Cc1cc[c-]cc1.[Br-].[Mg+2]. The van der Waals surface area contributed by atoms with Gasteiger partial charge in [0.15, 0.2) is 0 Å². The molecule has 1 aliphatic rings. The predicted octanol–water partition coefficient (Wildman–Crippen LogP) is -0.516. The van der Waals surface area contributed by atoms with E-state index >= 15 is 0 Å². The Morgan fingerprint density at radius 3 is 2.62 bits per heavy atom. The number of likely N-dealkylation sites (tertiary alicyclic amines) is 1. The average molecular weight is 293 g/mol. The van der Waals surface area contributed by atoms with Gasteiger partial charge in [0.25, 0.3) is 0 Å². The molecule has 0 amide bonds. The average Bonchev–Trinajstić information content (AvgIpc) is 2.23. The van der Waals surface area contributed by atoms with Crippen molar-refractivity contribution in [2.24, 2.45) is 0 Å². The Morgan fingerprint density at radius 1 is 1.31 bits per heavy atom. The van der Waals surface area contributed by atoms with Crippen molar-refractivity contribution in [3.05, 3.63) is 35.9 Å². The van der Waals surface area contributed by atoms with Crippen LogP contribution < -0.4 is 17.0 Å². The second-order valence-corrected chi connectivity index (χ2v) is 4.22. The van der Waals surface area contributed by atoms with Gasteiger partial charge in [0.1, 0.15) is 0 Å². The van der Waals surface area contributed by atoms with Crippen molar-refractivity contribution in [3.63, 3.8) is 0 Å². The van der Waals surface area contributed by atoms with Crippen LogP contribution in [0.15, 0.2) is 24.3 Å². The molecule has 1 heterocycles. The van der Waals surface area contributed by atoms with Gasteiger partial charge in [-0.05, 0) is 26.3 Å². The zero-order valence-corrected chi connectivity index (χ0v) is 13.0. The van der Waals surface area contributed by atoms with Crippen molar-refractivity contribution < 1.29 is 17.0 Å². The molecule has 0 aliphatic carbocycles. The normalized spacial score (nSPS) is 20.7. The molecular formula is C13H18BrMgN. The summed E-state index contributed by atoms with van der Waals surface area (Å²) < 4.78 is 0. The van der Waals surface area contributed by atoms with E-state index in [1.54, 1.807) is 0 Å². The van der Waals surface area contributed by atoms with Crippen LogP contribution in [0.3, 0.4) is 0 Å². The molecule has 16 heavy (non-hydrogen) atoms.